The minimum absolute atomic E-state index is 0.0621. The molecule has 4 nitrogen and oxygen atoms in total. The first kappa shape index (κ1) is 16.2. The molecule has 0 saturated carbocycles. The Labute approximate surface area is 98.8 Å². The average molecular weight is 256 g/mol. The molecule has 0 radical (unpaired) electrons. The zero-order chi connectivity index (χ0) is 13.5. The lowest BCUT2D eigenvalue weighted by molar-refractivity contribution is -0.169. The number of ether oxygens (including phenoxy) is 2. The van der Waals surface area contributed by atoms with Gasteiger partial charge in [0.1, 0.15) is 11.8 Å². The van der Waals surface area contributed by atoms with Gasteiger partial charge in [-0.05, 0) is 5.92 Å². The molecule has 0 aliphatic carbocycles. The number of hydrogen-bond acceptors (Lipinski definition) is 3. The molecule has 0 aromatic rings. The summed E-state index contributed by atoms with van der Waals surface area (Å²) in [6.45, 7) is 4.14. The van der Waals surface area contributed by atoms with Gasteiger partial charge in [0.2, 0.25) is 0 Å². The number of rotatable bonds is 8. The summed E-state index contributed by atoms with van der Waals surface area (Å²) in [5.74, 6) is -2.59. The highest BCUT2D eigenvalue weighted by Crippen LogP contribution is 2.26. The summed E-state index contributed by atoms with van der Waals surface area (Å²) in [6.07, 6.45) is -4.54. The second-order valence-electron chi connectivity index (χ2n) is 4.09. The third-order valence-electron chi connectivity index (χ3n) is 1.88. The van der Waals surface area contributed by atoms with Crippen LogP contribution in [0.1, 0.15) is 13.8 Å². The van der Waals surface area contributed by atoms with Crippen molar-refractivity contribution in [3.05, 3.63) is 0 Å². The Morgan fingerprint density at radius 2 is 1.65 bits per heavy atom. The number of halogens is 3. The van der Waals surface area contributed by atoms with E-state index in [4.69, 9.17) is 20.6 Å². The molecule has 0 bridgehead atoms. The summed E-state index contributed by atoms with van der Waals surface area (Å²) >= 11 is 0. The van der Waals surface area contributed by atoms with Gasteiger partial charge in [-0.15, -0.1) is 0 Å². The minimum Gasteiger partial charge on any atom is -0.387 e. The Bertz CT molecular complexity index is 232. The summed E-state index contributed by atoms with van der Waals surface area (Å²) in [7, 11) is 0. The van der Waals surface area contributed by atoms with E-state index in [9.17, 15) is 13.2 Å². The molecule has 0 aliphatic heterocycles. The van der Waals surface area contributed by atoms with Crippen LogP contribution >= 0.6 is 0 Å². The lowest BCUT2D eigenvalue weighted by Crippen LogP contribution is -2.38. The van der Waals surface area contributed by atoms with Gasteiger partial charge in [0.05, 0.1) is 19.8 Å². The van der Waals surface area contributed by atoms with Crippen LogP contribution in [0.4, 0.5) is 13.2 Å². The van der Waals surface area contributed by atoms with Gasteiger partial charge in [-0.25, -0.2) is 0 Å². The second-order valence-corrected chi connectivity index (χ2v) is 4.09. The van der Waals surface area contributed by atoms with Gasteiger partial charge < -0.3 is 15.2 Å². The van der Waals surface area contributed by atoms with Crippen LogP contribution in [-0.4, -0.2) is 38.4 Å². The average Bonchev–Trinajstić information content (AvgIpc) is 2.13. The third-order valence-corrected chi connectivity index (χ3v) is 1.88. The monoisotopic (exact) mass is 256 g/mol. The molecule has 0 saturated heterocycles. The van der Waals surface area contributed by atoms with Crippen LogP contribution in [0.15, 0.2) is 0 Å². The van der Waals surface area contributed by atoms with Gasteiger partial charge >= 0.3 is 6.18 Å². The first-order valence-electron chi connectivity index (χ1n) is 5.31. The van der Waals surface area contributed by atoms with Crippen LogP contribution in [0.3, 0.4) is 0 Å². The number of nitrogens with one attached hydrogen (secondary N) is 1. The van der Waals surface area contributed by atoms with Crippen LogP contribution in [0.5, 0.6) is 0 Å². The molecule has 0 aromatic carbocycles. The lowest BCUT2D eigenvalue weighted by atomic mass is 10.1. The normalized spacial score (nSPS) is 14.0. The third kappa shape index (κ3) is 7.98. The largest absolute Gasteiger partial charge is 0.400 e. The predicted molar refractivity (Wildman–Crippen MR) is 57.9 cm³/mol. The van der Waals surface area contributed by atoms with Crippen LogP contribution < -0.4 is 5.73 Å². The Morgan fingerprint density at radius 3 is 2.00 bits per heavy atom. The van der Waals surface area contributed by atoms with Gasteiger partial charge in [-0.2, -0.15) is 13.2 Å². The summed E-state index contributed by atoms with van der Waals surface area (Å²) in [6, 6.07) is 0. The second kappa shape index (κ2) is 7.50. The van der Waals surface area contributed by atoms with Crippen molar-refractivity contribution in [3.8, 4) is 0 Å². The Hall–Kier alpha value is -0.820. The van der Waals surface area contributed by atoms with Crippen LogP contribution in [-0.2, 0) is 9.47 Å². The molecule has 0 heterocycles. The SMILES string of the molecule is CC(C)COCCOCC(C(=N)N)C(F)(F)F. The van der Waals surface area contributed by atoms with Crippen LogP contribution in [0.25, 0.3) is 0 Å². The first-order chi connectivity index (χ1) is 7.75. The quantitative estimate of drug-likeness (QED) is 0.395. The summed E-state index contributed by atoms with van der Waals surface area (Å²) < 4.78 is 46.9. The Kier molecular flexibility index (Phi) is 7.13. The van der Waals surface area contributed by atoms with E-state index >= 15 is 0 Å². The van der Waals surface area contributed by atoms with Gasteiger partial charge in [-0.3, -0.25) is 5.41 Å². The summed E-state index contributed by atoms with van der Waals surface area (Å²) in [5, 5.41) is 6.83. The van der Waals surface area contributed by atoms with Crippen LogP contribution in [0.2, 0.25) is 0 Å². The van der Waals surface area contributed by atoms with Crippen molar-refractivity contribution in [2.75, 3.05) is 26.4 Å². The minimum atomic E-state index is -4.54. The predicted octanol–water partition coefficient (Wildman–Crippen LogP) is 1.79. The number of amidine groups is 1. The molecule has 3 N–H and O–H groups in total. The maximum Gasteiger partial charge on any atom is 0.400 e. The van der Waals surface area contributed by atoms with Crippen LogP contribution in [0, 0.1) is 17.2 Å². The summed E-state index contributed by atoms with van der Waals surface area (Å²) in [5.41, 5.74) is 4.86. The Morgan fingerprint density at radius 1 is 1.18 bits per heavy atom. The highest BCUT2D eigenvalue weighted by Gasteiger charge is 2.41. The fourth-order valence-corrected chi connectivity index (χ4v) is 0.999. The van der Waals surface area contributed by atoms with Crippen molar-refractivity contribution in [2.24, 2.45) is 17.6 Å². The molecule has 0 fully saturated rings. The summed E-state index contributed by atoms with van der Waals surface area (Å²) in [4.78, 5) is 0. The molecule has 0 rings (SSSR count). The van der Waals surface area contributed by atoms with E-state index in [-0.39, 0.29) is 13.2 Å². The van der Waals surface area contributed by atoms with E-state index in [0.717, 1.165) is 0 Å². The van der Waals surface area contributed by atoms with Gasteiger partial charge in [0.15, 0.2) is 0 Å². The topological polar surface area (TPSA) is 68.3 Å². The molecule has 0 spiro atoms. The highest BCUT2D eigenvalue weighted by molar-refractivity contribution is 5.80. The number of hydrogen-bond donors (Lipinski definition) is 2. The highest BCUT2D eigenvalue weighted by atomic mass is 19.4. The first-order valence-corrected chi connectivity index (χ1v) is 5.31. The van der Waals surface area contributed by atoms with Crippen molar-refractivity contribution >= 4 is 5.84 Å². The van der Waals surface area contributed by atoms with E-state index in [1.807, 2.05) is 13.8 Å². The maximum absolute atomic E-state index is 12.3. The maximum atomic E-state index is 12.3. The van der Waals surface area contributed by atoms with Crippen molar-refractivity contribution in [1.29, 1.82) is 5.41 Å². The van der Waals surface area contributed by atoms with E-state index in [1.54, 1.807) is 0 Å². The number of alkyl halides is 3. The van der Waals surface area contributed by atoms with Gasteiger partial charge in [-0.1, -0.05) is 13.8 Å². The molecule has 0 amide bonds. The molecular formula is C10H19F3N2O2. The molecule has 1 unspecified atom stereocenters. The lowest BCUT2D eigenvalue weighted by Gasteiger charge is -2.18. The molecule has 17 heavy (non-hydrogen) atoms. The standard InChI is InChI=1S/C10H19F3N2O2/c1-7(2)5-16-3-4-17-6-8(9(14)15)10(11,12)13/h7-8H,3-6H2,1-2H3,(H3,14,15). The van der Waals surface area contributed by atoms with Gasteiger partial charge in [0.25, 0.3) is 0 Å². The fourth-order valence-electron chi connectivity index (χ4n) is 0.999. The zero-order valence-electron chi connectivity index (χ0n) is 10.0. The molecule has 7 heteroatoms. The van der Waals surface area contributed by atoms with Crippen molar-refractivity contribution in [2.45, 2.75) is 20.0 Å². The molecular weight excluding hydrogens is 237 g/mol. The molecule has 1 atom stereocenters. The van der Waals surface area contributed by atoms with Crippen molar-refractivity contribution in [3.63, 3.8) is 0 Å². The Balaban J connectivity index is 3.74. The molecule has 0 aliphatic rings. The van der Waals surface area contributed by atoms with Crippen molar-refractivity contribution in [1.82, 2.24) is 0 Å². The van der Waals surface area contributed by atoms with Gasteiger partial charge in [0, 0.05) is 6.61 Å². The number of nitrogens with two attached hydrogens (primary N) is 1. The van der Waals surface area contributed by atoms with Crippen molar-refractivity contribution < 1.29 is 22.6 Å². The van der Waals surface area contributed by atoms with E-state index in [2.05, 4.69) is 0 Å². The smallest absolute Gasteiger partial charge is 0.387 e. The van der Waals surface area contributed by atoms with E-state index in [1.165, 1.54) is 0 Å². The molecule has 102 valence electrons. The van der Waals surface area contributed by atoms with E-state index < -0.39 is 24.5 Å². The molecule has 0 aromatic heterocycles. The zero-order valence-corrected chi connectivity index (χ0v) is 10.0. The van der Waals surface area contributed by atoms with E-state index in [0.29, 0.717) is 12.5 Å². The fraction of sp³-hybridized carbons (Fsp3) is 0.900.